The van der Waals surface area contributed by atoms with Crippen LogP contribution in [0.1, 0.15) is 0 Å². The number of hydrogen-bond acceptors (Lipinski definition) is 4. The Labute approximate surface area is 104 Å². The first-order chi connectivity index (χ1) is 7.24. The average molecular weight is 284 g/mol. The third-order valence-corrected chi connectivity index (χ3v) is 4.00. The first-order valence-corrected chi connectivity index (χ1v) is 6.42. The normalized spacial score (nSPS) is 12.1. The molecule has 0 aliphatic heterocycles. The van der Waals surface area contributed by atoms with Crippen LogP contribution in [-0.4, -0.2) is 27.5 Å². The molecule has 0 bridgehead atoms. The van der Waals surface area contributed by atoms with Crippen LogP contribution in [0.4, 0.5) is 5.69 Å². The molecule has 5 nitrogen and oxygen atoms in total. The first-order valence-electron chi connectivity index (χ1n) is 4.18. The number of benzene rings is 1. The van der Waals surface area contributed by atoms with Crippen LogP contribution in [0, 0.1) is 0 Å². The van der Waals surface area contributed by atoms with Crippen molar-refractivity contribution in [3.05, 3.63) is 22.2 Å². The van der Waals surface area contributed by atoms with Crippen LogP contribution < -0.4 is 10.6 Å². The van der Waals surface area contributed by atoms with Gasteiger partial charge in [0.2, 0.25) is 0 Å². The van der Waals surface area contributed by atoms with Gasteiger partial charge < -0.3 is 5.73 Å². The number of anilines is 1. The summed E-state index contributed by atoms with van der Waals surface area (Å²) in [7, 11) is -0.704. The molecule has 0 unspecified atom stereocenters. The van der Waals surface area contributed by atoms with Crippen LogP contribution in [0.25, 0.3) is 0 Å². The maximum absolute atomic E-state index is 11.8. The van der Waals surface area contributed by atoms with Crippen LogP contribution in [-0.2, 0) is 10.0 Å². The standard InChI is InChI=1S/C8H11Cl2N3O2S/c1-13(2)12-16(14,15)8-6(9)3-5(11)4-7(8)10/h3-4,12H,11H2,1-2H3. The van der Waals surface area contributed by atoms with E-state index >= 15 is 0 Å². The van der Waals surface area contributed by atoms with Gasteiger partial charge in [-0.1, -0.05) is 23.2 Å². The van der Waals surface area contributed by atoms with Crippen molar-refractivity contribution in [2.75, 3.05) is 19.8 Å². The molecule has 0 aliphatic carbocycles. The number of hydrazine groups is 1. The summed E-state index contributed by atoms with van der Waals surface area (Å²) in [5.74, 6) is 0. The number of halogens is 2. The number of nitrogens with two attached hydrogens (primary N) is 1. The molecule has 1 aromatic carbocycles. The van der Waals surface area contributed by atoms with Gasteiger partial charge in [0.25, 0.3) is 10.0 Å². The Morgan fingerprint density at radius 3 is 2.06 bits per heavy atom. The maximum Gasteiger partial charge on any atom is 0.256 e. The highest BCUT2D eigenvalue weighted by Gasteiger charge is 2.22. The van der Waals surface area contributed by atoms with Gasteiger partial charge in [-0.25, -0.2) is 13.4 Å². The van der Waals surface area contributed by atoms with E-state index in [0.29, 0.717) is 5.69 Å². The molecular weight excluding hydrogens is 273 g/mol. The van der Waals surface area contributed by atoms with Crippen molar-refractivity contribution in [2.45, 2.75) is 4.90 Å². The van der Waals surface area contributed by atoms with E-state index in [9.17, 15) is 8.42 Å². The lowest BCUT2D eigenvalue weighted by Crippen LogP contribution is -2.36. The number of hydrogen-bond donors (Lipinski definition) is 2. The van der Waals surface area contributed by atoms with Gasteiger partial charge in [-0.3, -0.25) is 0 Å². The molecule has 90 valence electrons. The van der Waals surface area contributed by atoms with Crippen LogP contribution >= 0.6 is 23.2 Å². The van der Waals surface area contributed by atoms with Gasteiger partial charge in [0.05, 0.1) is 10.0 Å². The van der Waals surface area contributed by atoms with E-state index in [2.05, 4.69) is 4.83 Å². The summed E-state index contributed by atoms with van der Waals surface area (Å²) >= 11 is 11.6. The predicted octanol–water partition coefficient (Wildman–Crippen LogP) is 1.33. The van der Waals surface area contributed by atoms with Crippen LogP contribution in [0.2, 0.25) is 10.0 Å². The molecule has 3 N–H and O–H groups in total. The zero-order valence-electron chi connectivity index (χ0n) is 8.66. The minimum Gasteiger partial charge on any atom is -0.399 e. The number of nitrogens with zero attached hydrogens (tertiary/aromatic N) is 1. The molecule has 0 atom stereocenters. The lowest BCUT2D eigenvalue weighted by molar-refractivity contribution is 0.364. The van der Waals surface area contributed by atoms with E-state index in [0.717, 1.165) is 0 Å². The Kier molecular flexibility index (Phi) is 4.03. The van der Waals surface area contributed by atoms with Gasteiger partial charge >= 0.3 is 0 Å². The molecule has 0 radical (unpaired) electrons. The minimum atomic E-state index is -3.78. The van der Waals surface area contributed by atoms with Crippen molar-refractivity contribution in [2.24, 2.45) is 0 Å². The molecule has 0 spiro atoms. The molecule has 1 aromatic rings. The lowest BCUT2D eigenvalue weighted by Gasteiger charge is -2.14. The van der Waals surface area contributed by atoms with Crippen LogP contribution in [0.5, 0.6) is 0 Å². The molecule has 0 fully saturated rings. The monoisotopic (exact) mass is 283 g/mol. The molecule has 16 heavy (non-hydrogen) atoms. The topological polar surface area (TPSA) is 75.4 Å². The fraction of sp³-hybridized carbons (Fsp3) is 0.250. The number of nitrogens with one attached hydrogen (secondary N) is 1. The molecule has 0 aromatic heterocycles. The van der Waals surface area contributed by atoms with Crippen molar-refractivity contribution in [1.29, 1.82) is 0 Å². The fourth-order valence-corrected chi connectivity index (χ4v) is 3.44. The summed E-state index contributed by atoms with van der Waals surface area (Å²) in [6.45, 7) is 0. The Morgan fingerprint density at radius 1 is 1.25 bits per heavy atom. The zero-order valence-corrected chi connectivity index (χ0v) is 11.0. The third kappa shape index (κ3) is 2.99. The third-order valence-electron chi connectivity index (χ3n) is 1.59. The highest BCUT2D eigenvalue weighted by atomic mass is 35.5. The predicted molar refractivity (Wildman–Crippen MR) is 64.9 cm³/mol. The summed E-state index contributed by atoms with van der Waals surface area (Å²) in [6, 6.07) is 2.66. The van der Waals surface area contributed by atoms with Crippen molar-refractivity contribution < 1.29 is 8.42 Å². The molecule has 0 amide bonds. The summed E-state index contributed by atoms with van der Waals surface area (Å²) in [5, 5.41) is 1.25. The second-order valence-electron chi connectivity index (χ2n) is 3.30. The summed E-state index contributed by atoms with van der Waals surface area (Å²) in [6.07, 6.45) is 0. The van der Waals surface area contributed by atoms with E-state index < -0.39 is 10.0 Å². The van der Waals surface area contributed by atoms with Gasteiger partial charge in [0, 0.05) is 19.8 Å². The summed E-state index contributed by atoms with van der Waals surface area (Å²) in [5.41, 5.74) is 5.78. The fourth-order valence-electron chi connectivity index (χ4n) is 1.12. The van der Waals surface area contributed by atoms with Gasteiger partial charge in [-0.15, -0.1) is 4.83 Å². The Balaban J connectivity index is 3.34. The van der Waals surface area contributed by atoms with Crippen LogP contribution in [0.15, 0.2) is 17.0 Å². The van der Waals surface area contributed by atoms with E-state index in [-0.39, 0.29) is 14.9 Å². The second kappa shape index (κ2) is 4.77. The molecule has 0 aliphatic rings. The van der Waals surface area contributed by atoms with Crippen molar-refractivity contribution in [3.63, 3.8) is 0 Å². The largest absolute Gasteiger partial charge is 0.399 e. The number of rotatable bonds is 3. The minimum absolute atomic E-state index is 0.0145. The lowest BCUT2D eigenvalue weighted by atomic mass is 10.3. The van der Waals surface area contributed by atoms with E-state index in [1.807, 2.05) is 0 Å². The second-order valence-corrected chi connectivity index (χ2v) is 5.71. The molecule has 0 heterocycles. The van der Waals surface area contributed by atoms with Crippen LogP contribution in [0.3, 0.4) is 0 Å². The number of sulfonamides is 1. The van der Waals surface area contributed by atoms with Gasteiger partial charge in [0.1, 0.15) is 4.90 Å². The highest BCUT2D eigenvalue weighted by molar-refractivity contribution is 7.89. The summed E-state index contributed by atoms with van der Waals surface area (Å²) < 4.78 is 23.7. The highest BCUT2D eigenvalue weighted by Crippen LogP contribution is 2.31. The first kappa shape index (κ1) is 13.5. The van der Waals surface area contributed by atoms with E-state index in [1.165, 1.54) is 31.2 Å². The maximum atomic E-state index is 11.8. The number of nitrogen functional groups attached to an aromatic ring is 1. The quantitative estimate of drug-likeness (QED) is 0.648. The van der Waals surface area contributed by atoms with Gasteiger partial charge in [-0.05, 0) is 12.1 Å². The van der Waals surface area contributed by atoms with E-state index in [4.69, 9.17) is 28.9 Å². The Bertz CT molecular complexity index is 479. The van der Waals surface area contributed by atoms with E-state index in [1.54, 1.807) is 0 Å². The SMILES string of the molecule is CN(C)NS(=O)(=O)c1c(Cl)cc(N)cc1Cl. The Morgan fingerprint density at radius 2 is 1.69 bits per heavy atom. The summed E-state index contributed by atoms with van der Waals surface area (Å²) in [4.78, 5) is 2.05. The molecule has 0 saturated carbocycles. The van der Waals surface area contributed by atoms with Crippen molar-refractivity contribution >= 4 is 38.9 Å². The molecule has 1 rings (SSSR count). The smallest absolute Gasteiger partial charge is 0.256 e. The van der Waals surface area contributed by atoms with Crippen molar-refractivity contribution in [1.82, 2.24) is 9.84 Å². The van der Waals surface area contributed by atoms with Gasteiger partial charge in [-0.2, -0.15) is 0 Å². The average Bonchev–Trinajstić information content (AvgIpc) is 1.96. The zero-order chi connectivity index (χ0) is 12.5. The van der Waals surface area contributed by atoms with Crippen molar-refractivity contribution in [3.8, 4) is 0 Å². The molecular formula is C8H11Cl2N3O2S. The van der Waals surface area contributed by atoms with Gasteiger partial charge in [0.15, 0.2) is 0 Å². The molecule has 8 heteroatoms. The molecule has 0 saturated heterocycles. The Hall–Kier alpha value is -0.530.